The number of nitrogens with one attached hydrogen (secondary N) is 1. The molecule has 0 bridgehead atoms. The molecule has 1 amide bonds. The van der Waals surface area contributed by atoms with Gasteiger partial charge in [-0.05, 0) is 66.9 Å². The molecular weight excluding hydrogens is 388 g/mol. The average Bonchev–Trinajstić information content (AvgIpc) is 3.29. The second kappa shape index (κ2) is 8.75. The molecule has 4 rings (SSSR count). The number of nitrogens with zero attached hydrogens (tertiary/aromatic N) is 3. The molecule has 5 nitrogen and oxygen atoms in total. The molecule has 1 aliphatic rings. The highest BCUT2D eigenvalue weighted by Crippen LogP contribution is 2.26. The van der Waals surface area contributed by atoms with E-state index < -0.39 is 0 Å². The van der Waals surface area contributed by atoms with Crippen LogP contribution in [0.1, 0.15) is 12.8 Å². The Kier molecular flexibility index (Phi) is 5.92. The maximum Gasteiger partial charge on any atom is 0.229 e. The number of hydrogen-bond donors (Lipinski definition) is 1. The Morgan fingerprint density at radius 1 is 1.18 bits per heavy atom. The standard InChI is InChI=1S/C21H22N4OS2/c1-27-17-8-6-16(7-9-17)22-21(26)15-4-2-12-25(14-15)20-11-10-18(23-24-20)19-5-3-13-28-19/h3,5-11,13,15H,2,4,12,14H2,1H3,(H,22,26). The van der Waals surface area contributed by atoms with E-state index in [4.69, 9.17) is 0 Å². The molecule has 1 unspecified atom stereocenters. The molecule has 1 atom stereocenters. The van der Waals surface area contributed by atoms with Crippen LogP contribution in [0.15, 0.2) is 58.8 Å². The van der Waals surface area contributed by atoms with Crippen molar-refractivity contribution < 1.29 is 4.79 Å². The number of thiophene rings is 1. The SMILES string of the molecule is CSc1ccc(NC(=O)C2CCCN(c3ccc(-c4cccs4)nn3)C2)cc1. The Balaban J connectivity index is 1.40. The van der Waals surface area contributed by atoms with Crippen LogP contribution >= 0.6 is 23.1 Å². The van der Waals surface area contributed by atoms with Crippen LogP contribution in [-0.2, 0) is 4.79 Å². The quantitative estimate of drug-likeness (QED) is 0.613. The van der Waals surface area contributed by atoms with Gasteiger partial charge in [0.1, 0.15) is 5.69 Å². The van der Waals surface area contributed by atoms with Gasteiger partial charge in [-0.3, -0.25) is 4.79 Å². The lowest BCUT2D eigenvalue weighted by Gasteiger charge is -2.32. The van der Waals surface area contributed by atoms with Crippen LogP contribution in [0, 0.1) is 5.92 Å². The third kappa shape index (κ3) is 4.36. The predicted octanol–water partition coefficient (Wildman–Crippen LogP) is 4.78. The molecule has 1 aliphatic heterocycles. The average molecular weight is 411 g/mol. The van der Waals surface area contributed by atoms with Gasteiger partial charge < -0.3 is 10.2 Å². The second-order valence-corrected chi connectivity index (χ2v) is 8.58. The number of carbonyl (C=O) groups excluding carboxylic acids is 1. The molecule has 3 aromatic rings. The summed E-state index contributed by atoms with van der Waals surface area (Å²) in [6.45, 7) is 1.57. The van der Waals surface area contributed by atoms with E-state index in [-0.39, 0.29) is 11.8 Å². The van der Waals surface area contributed by atoms with Gasteiger partial charge in [-0.1, -0.05) is 6.07 Å². The summed E-state index contributed by atoms with van der Waals surface area (Å²) in [5.41, 5.74) is 1.73. The van der Waals surface area contributed by atoms with Crippen molar-refractivity contribution in [2.45, 2.75) is 17.7 Å². The molecule has 2 aromatic heterocycles. The van der Waals surface area contributed by atoms with Crippen LogP contribution in [0.4, 0.5) is 11.5 Å². The van der Waals surface area contributed by atoms with Gasteiger partial charge in [0.2, 0.25) is 5.91 Å². The minimum Gasteiger partial charge on any atom is -0.354 e. The molecule has 144 valence electrons. The smallest absolute Gasteiger partial charge is 0.229 e. The van der Waals surface area contributed by atoms with E-state index in [0.29, 0.717) is 6.54 Å². The zero-order valence-corrected chi connectivity index (χ0v) is 17.3. The van der Waals surface area contributed by atoms with E-state index in [1.54, 1.807) is 23.1 Å². The summed E-state index contributed by atoms with van der Waals surface area (Å²) in [5, 5.41) is 13.9. The summed E-state index contributed by atoms with van der Waals surface area (Å²) < 4.78 is 0. The molecule has 28 heavy (non-hydrogen) atoms. The summed E-state index contributed by atoms with van der Waals surface area (Å²) in [7, 11) is 0. The third-order valence-electron chi connectivity index (χ3n) is 4.90. The van der Waals surface area contributed by atoms with Crippen molar-refractivity contribution in [3.8, 4) is 10.6 Å². The summed E-state index contributed by atoms with van der Waals surface area (Å²) >= 11 is 3.35. The first-order valence-corrected chi connectivity index (χ1v) is 11.4. The topological polar surface area (TPSA) is 58.1 Å². The lowest BCUT2D eigenvalue weighted by Crippen LogP contribution is -2.41. The number of benzene rings is 1. The Morgan fingerprint density at radius 2 is 2.04 bits per heavy atom. The highest BCUT2D eigenvalue weighted by atomic mass is 32.2. The molecular formula is C21H22N4OS2. The van der Waals surface area contributed by atoms with Crippen molar-refractivity contribution in [2.24, 2.45) is 5.92 Å². The number of rotatable bonds is 5. The lowest BCUT2D eigenvalue weighted by molar-refractivity contribution is -0.120. The van der Waals surface area contributed by atoms with Gasteiger partial charge >= 0.3 is 0 Å². The number of amides is 1. The summed E-state index contributed by atoms with van der Waals surface area (Å²) in [6.07, 6.45) is 3.91. The maximum absolute atomic E-state index is 12.7. The van der Waals surface area contributed by atoms with Crippen molar-refractivity contribution in [2.75, 3.05) is 29.6 Å². The lowest BCUT2D eigenvalue weighted by atomic mass is 9.97. The van der Waals surface area contributed by atoms with Crippen molar-refractivity contribution in [3.05, 3.63) is 53.9 Å². The second-order valence-electron chi connectivity index (χ2n) is 6.76. The van der Waals surface area contributed by atoms with Gasteiger partial charge in [-0.2, -0.15) is 0 Å². The summed E-state index contributed by atoms with van der Waals surface area (Å²) in [6, 6.07) is 16.0. The molecule has 0 spiro atoms. The highest BCUT2D eigenvalue weighted by Gasteiger charge is 2.27. The van der Waals surface area contributed by atoms with E-state index in [2.05, 4.69) is 20.4 Å². The Bertz CT molecular complexity index is 911. The Hall–Kier alpha value is -2.38. The summed E-state index contributed by atoms with van der Waals surface area (Å²) in [4.78, 5) is 17.2. The van der Waals surface area contributed by atoms with Crippen LogP contribution < -0.4 is 10.2 Å². The molecule has 1 aromatic carbocycles. The fourth-order valence-corrected chi connectivity index (χ4v) is 4.47. The number of aromatic nitrogens is 2. The largest absolute Gasteiger partial charge is 0.354 e. The summed E-state index contributed by atoms with van der Waals surface area (Å²) in [5.74, 6) is 0.861. The van der Waals surface area contributed by atoms with Crippen molar-refractivity contribution in [1.82, 2.24) is 10.2 Å². The van der Waals surface area contributed by atoms with Crippen LogP contribution in [0.5, 0.6) is 0 Å². The maximum atomic E-state index is 12.7. The normalized spacial score (nSPS) is 16.8. The molecule has 0 radical (unpaired) electrons. The fraction of sp³-hybridized carbons (Fsp3) is 0.286. The van der Waals surface area contributed by atoms with Crippen LogP contribution in [0.2, 0.25) is 0 Å². The zero-order chi connectivity index (χ0) is 19.3. The zero-order valence-electron chi connectivity index (χ0n) is 15.7. The predicted molar refractivity (Wildman–Crippen MR) is 117 cm³/mol. The molecule has 0 saturated carbocycles. The minimum absolute atomic E-state index is 0.0484. The number of anilines is 2. The van der Waals surface area contributed by atoms with Crippen LogP contribution in [0.3, 0.4) is 0 Å². The first-order chi connectivity index (χ1) is 13.7. The number of thioether (sulfide) groups is 1. The Morgan fingerprint density at radius 3 is 2.71 bits per heavy atom. The number of hydrogen-bond acceptors (Lipinski definition) is 6. The van der Waals surface area contributed by atoms with E-state index >= 15 is 0 Å². The minimum atomic E-state index is -0.0484. The number of piperidine rings is 1. The molecule has 3 heterocycles. The van der Waals surface area contributed by atoms with Gasteiger partial charge in [0.25, 0.3) is 0 Å². The van der Waals surface area contributed by atoms with Gasteiger partial charge in [0.05, 0.1) is 10.8 Å². The number of carbonyl (C=O) groups is 1. The molecule has 1 N–H and O–H groups in total. The van der Waals surface area contributed by atoms with Crippen LogP contribution in [0.25, 0.3) is 10.6 Å². The Labute approximate surface area is 173 Å². The van der Waals surface area contributed by atoms with Gasteiger partial charge in [0.15, 0.2) is 5.82 Å². The van der Waals surface area contributed by atoms with Gasteiger partial charge in [-0.15, -0.1) is 33.3 Å². The van der Waals surface area contributed by atoms with Crippen LogP contribution in [-0.4, -0.2) is 35.4 Å². The highest BCUT2D eigenvalue weighted by molar-refractivity contribution is 7.98. The van der Waals surface area contributed by atoms with Crippen molar-refractivity contribution >= 4 is 40.5 Å². The molecule has 1 saturated heterocycles. The van der Waals surface area contributed by atoms with E-state index in [9.17, 15) is 4.79 Å². The first kappa shape index (κ1) is 19.0. The van der Waals surface area contributed by atoms with Crippen molar-refractivity contribution in [3.63, 3.8) is 0 Å². The van der Waals surface area contributed by atoms with Crippen molar-refractivity contribution in [1.29, 1.82) is 0 Å². The van der Waals surface area contributed by atoms with E-state index in [1.165, 1.54) is 4.90 Å². The third-order valence-corrected chi connectivity index (χ3v) is 6.53. The first-order valence-electron chi connectivity index (χ1n) is 9.30. The van der Waals surface area contributed by atoms with Gasteiger partial charge in [-0.25, -0.2) is 0 Å². The van der Waals surface area contributed by atoms with Gasteiger partial charge in [0, 0.05) is 23.7 Å². The van der Waals surface area contributed by atoms with E-state index in [1.807, 2.05) is 60.2 Å². The fourth-order valence-electron chi connectivity index (χ4n) is 3.37. The monoisotopic (exact) mass is 410 g/mol. The molecule has 0 aliphatic carbocycles. The van der Waals surface area contributed by atoms with E-state index in [0.717, 1.165) is 41.5 Å². The molecule has 7 heteroatoms. The molecule has 1 fully saturated rings.